The van der Waals surface area contributed by atoms with Crippen molar-refractivity contribution in [2.24, 2.45) is 10.8 Å². The van der Waals surface area contributed by atoms with Gasteiger partial charge in [-0.2, -0.15) is 15.0 Å². The Kier molecular flexibility index (Phi) is 11.3. The van der Waals surface area contributed by atoms with E-state index < -0.39 is 0 Å². The van der Waals surface area contributed by atoms with E-state index in [2.05, 4.69) is 54.4 Å². The number of pyridine rings is 1. The first-order chi connectivity index (χ1) is 30.6. The number of carbonyl (C=O) groups is 2. The lowest BCUT2D eigenvalue weighted by molar-refractivity contribution is -0.129. The molecule has 16 nitrogen and oxygen atoms in total. The first-order valence-corrected chi connectivity index (χ1v) is 23.3. The van der Waals surface area contributed by atoms with Crippen LogP contribution in [0.1, 0.15) is 112 Å². The van der Waals surface area contributed by atoms with Gasteiger partial charge in [0.25, 0.3) is 0 Å². The number of hydrogen-bond acceptors (Lipinski definition) is 17. The number of carbonyl (C=O) groups excluding carboxylic acids is 2. The van der Waals surface area contributed by atoms with E-state index in [1.165, 1.54) is 60.8 Å². The first-order valence-electron chi connectivity index (χ1n) is 21.7. The highest BCUT2D eigenvalue weighted by atomic mass is 32.1. The van der Waals surface area contributed by atoms with Gasteiger partial charge in [-0.3, -0.25) is 9.59 Å². The summed E-state index contributed by atoms with van der Waals surface area (Å²) in [4.78, 5) is 69.4. The molecule has 7 heterocycles. The Balaban J connectivity index is 0.786. The lowest BCUT2D eigenvalue weighted by Crippen LogP contribution is -2.29. The standard InChI is InChI=1S/C45H48N12O4S2/c1-44(2)11-5-30(6-12-44)61-41-52-29(19-34(54-41)36-24-51-43(63-36)56-39-48-20-27(26-58)21-49-39)25-57-18-10-32(38(57)59)28-3-4-37(47-22-28)55-42-50-23-35(62-42)33-9-17-46-40(53-33)60-31-7-13-45(14-8-31)15-16-45/h3-4,9,17,19-24,26,30-32H,5-8,10-16,18,25H2,1-2H3,(H,47,50,55)(H,48,49,51,56). The van der Waals surface area contributed by atoms with Crippen molar-refractivity contribution in [3.8, 4) is 33.2 Å². The smallest absolute Gasteiger partial charge is 0.317 e. The Bertz CT molecular complexity index is 2580. The molecule has 3 aliphatic carbocycles. The second-order valence-corrected chi connectivity index (χ2v) is 20.0. The zero-order valence-corrected chi connectivity index (χ0v) is 36.8. The van der Waals surface area contributed by atoms with Gasteiger partial charge < -0.3 is 25.0 Å². The largest absolute Gasteiger partial charge is 0.460 e. The minimum Gasteiger partial charge on any atom is -0.460 e. The third-order valence-electron chi connectivity index (χ3n) is 12.8. The molecule has 6 aromatic rings. The fourth-order valence-electron chi connectivity index (χ4n) is 8.71. The van der Waals surface area contributed by atoms with Crippen molar-refractivity contribution in [3.63, 3.8) is 0 Å². The molecule has 1 atom stereocenters. The zero-order valence-electron chi connectivity index (χ0n) is 35.2. The van der Waals surface area contributed by atoms with Gasteiger partial charge in [0.15, 0.2) is 16.5 Å². The van der Waals surface area contributed by atoms with Gasteiger partial charge in [0.1, 0.15) is 18.0 Å². The molecule has 10 rings (SSSR count). The SMILES string of the molecule is CC1(C)CCC(Oc2nc(CN3CCC(c4ccc(Nc5ncc(-c6ccnc(OC7CCC8(CC7)CC8)n6)s5)nc4)C3=O)cc(-c3cnc(Nc4ncc(C=O)cn4)s3)n2)CC1. The lowest BCUT2D eigenvalue weighted by atomic mass is 9.76. The van der Waals surface area contributed by atoms with Crippen molar-refractivity contribution < 1.29 is 19.1 Å². The van der Waals surface area contributed by atoms with Crippen LogP contribution in [0.3, 0.4) is 0 Å². The van der Waals surface area contributed by atoms with Crippen LogP contribution in [0.4, 0.5) is 22.0 Å². The molecule has 0 radical (unpaired) electrons. The quantitative estimate of drug-likeness (QED) is 0.0983. The van der Waals surface area contributed by atoms with Crippen LogP contribution in [0.15, 0.2) is 61.4 Å². The van der Waals surface area contributed by atoms with Gasteiger partial charge in [-0.1, -0.05) is 42.6 Å². The van der Waals surface area contributed by atoms with Crippen molar-refractivity contribution in [2.45, 2.75) is 109 Å². The van der Waals surface area contributed by atoms with Gasteiger partial charge in [-0.05, 0) is 105 Å². The monoisotopic (exact) mass is 884 g/mol. The summed E-state index contributed by atoms with van der Waals surface area (Å²) in [6.45, 7) is 5.47. The Morgan fingerprint density at radius 3 is 2.11 bits per heavy atom. The first kappa shape index (κ1) is 41.0. The highest BCUT2D eigenvalue weighted by Crippen LogP contribution is 2.56. The molecule has 1 spiro atoms. The summed E-state index contributed by atoms with van der Waals surface area (Å²) in [5.41, 5.74) is 4.23. The van der Waals surface area contributed by atoms with E-state index in [9.17, 15) is 9.59 Å². The molecule has 63 heavy (non-hydrogen) atoms. The molecule has 1 aliphatic heterocycles. The van der Waals surface area contributed by atoms with Crippen LogP contribution < -0.4 is 20.1 Å². The average molecular weight is 885 g/mol. The van der Waals surface area contributed by atoms with E-state index in [0.717, 1.165) is 59.5 Å². The predicted octanol–water partition coefficient (Wildman–Crippen LogP) is 8.96. The molecule has 1 amide bonds. The maximum absolute atomic E-state index is 14.0. The van der Waals surface area contributed by atoms with Gasteiger partial charge in [0.05, 0.1) is 44.9 Å². The molecule has 0 bridgehead atoms. The summed E-state index contributed by atoms with van der Waals surface area (Å²) in [7, 11) is 0. The number of nitrogens with one attached hydrogen (secondary N) is 2. The number of amides is 1. The van der Waals surface area contributed by atoms with Crippen LogP contribution in [0.5, 0.6) is 12.0 Å². The highest BCUT2D eigenvalue weighted by molar-refractivity contribution is 7.19. The fraction of sp³-hybridized carbons (Fsp3) is 0.444. The third kappa shape index (κ3) is 9.66. The van der Waals surface area contributed by atoms with E-state index in [-0.39, 0.29) is 29.4 Å². The number of aldehydes is 1. The molecule has 4 fully saturated rings. The maximum atomic E-state index is 14.0. The van der Waals surface area contributed by atoms with E-state index >= 15 is 0 Å². The van der Waals surface area contributed by atoms with Gasteiger partial charge in [0, 0.05) is 43.7 Å². The molecular formula is C45H48N12O4S2. The van der Waals surface area contributed by atoms with E-state index in [0.29, 0.717) is 82.2 Å². The number of rotatable bonds is 14. The summed E-state index contributed by atoms with van der Waals surface area (Å²) in [6, 6.07) is 8.32. The third-order valence-corrected chi connectivity index (χ3v) is 14.7. The topological polar surface area (TPSA) is 196 Å². The normalized spacial score (nSPS) is 20.4. The summed E-state index contributed by atoms with van der Waals surface area (Å²) in [5, 5.41) is 7.64. The lowest BCUT2D eigenvalue weighted by Gasteiger charge is -2.33. The minimum atomic E-state index is -0.323. The van der Waals surface area contributed by atoms with Crippen LogP contribution in [0.25, 0.3) is 21.1 Å². The molecule has 324 valence electrons. The number of ether oxygens (including phenoxy) is 2. The second kappa shape index (κ2) is 17.3. The molecule has 1 saturated heterocycles. The molecule has 18 heteroatoms. The minimum absolute atomic E-state index is 0.0130. The van der Waals surface area contributed by atoms with Crippen molar-refractivity contribution in [1.29, 1.82) is 0 Å². The Hall–Kier alpha value is -6.01. The number of thiazole rings is 2. The summed E-state index contributed by atoms with van der Waals surface area (Å²) in [5.74, 6) is 0.653. The molecule has 3 saturated carbocycles. The van der Waals surface area contributed by atoms with Crippen molar-refractivity contribution in [3.05, 3.63) is 78.3 Å². The van der Waals surface area contributed by atoms with E-state index in [1.54, 1.807) is 24.8 Å². The van der Waals surface area contributed by atoms with Crippen molar-refractivity contribution in [2.75, 3.05) is 17.2 Å². The van der Waals surface area contributed by atoms with Crippen LogP contribution in [0, 0.1) is 10.8 Å². The van der Waals surface area contributed by atoms with Gasteiger partial charge in [0.2, 0.25) is 11.9 Å². The van der Waals surface area contributed by atoms with Crippen LogP contribution in [-0.4, -0.2) is 80.7 Å². The molecule has 4 aliphatic rings. The molecule has 1 unspecified atom stereocenters. The molecule has 6 aromatic heterocycles. The average Bonchev–Trinajstić information content (AvgIpc) is 3.56. The maximum Gasteiger partial charge on any atom is 0.317 e. The number of nitrogens with zero attached hydrogens (tertiary/aromatic N) is 10. The number of hydrogen-bond donors (Lipinski definition) is 2. The van der Waals surface area contributed by atoms with Crippen molar-refractivity contribution >= 4 is 56.9 Å². The highest BCUT2D eigenvalue weighted by Gasteiger charge is 2.45. The Morgan fingerprint density at radius 1 is 0.730 bits per heavy atom. The Morgan fingerprint density at radius 2 is 1.41 bits per heavy atom. The number of likely N-dealkylation sites (tertiary alicyclic amines) is 1. The number of anilines is 4. The number of aromatic nitrogens is 9. The predicted molar refractivity (Wildman–Crippen MR) is 238 cm³/mol. The van der Waals surface area contributed by atoms with Crippen molar-refractivity contribution in [1.82, 2.24) is 49.8 Å². The molecule has 0 aromatic carbocycles. The van der Waals surface area contributed by atoms with E-state index in [4.69, 9.17) is 24.4 Å². The summed E-state index contributed by atoms with van der Waals surface area (Å²) < 4.78 is 12.6. The van der Waals surface area contributed by atoms with Gasteiger partial charge in [-0.15, -0.1) is 0 Å². The van der Waals surface area contributed by atoms with Crippen LogP contribution in [0.2, 0.25) is 0 Å². The fourth-order valence-corrected chi connectivity index (χ4v) is 10.3. The Labute approximate surface area is 372 Å². The van der Waals surface area contributed by atoms with Crippen LogP contribution in [-0.2, 0) is 11.3 Å². The molecular weight excluding hydrogens is 837 g/mol. The van der Waals surface area contributed by atoms with Crippen LogP contribution >= 0.6 is 22.7 Å². The second-order valence-electron chi connectivity index (χ2n) is 17.9. The summed E-state index contributed by atoms with van der Waals surface area (Å²) >= 11 is 2.86. The van der Waals surface area contributed by atoms with Gasteiger partial charge in [-0.25, -0.2) is 29.9 Å². The zero-order chi connectivity index (χ0) is 43.0. The molecule has 2 N–H and O–H groups in total. The van der Waals surface area contributed by atoms with E-state index in [1.807, 2.05) is 29.2 Å². The summed E-state index contributed by atoms with van der Waals surface area (Å²) in [6.07, 6.45) is 22.8. The van der Waals surface area contributed by atoms with Gasteiger partial charge >= 0.3 is 12.0 Å².